The number of hydrogen-bond acceptors (Lipinski definition) is 5. The zero-order valence-electron chi connectivity index (χ0n) is 18.1. The molecule has 4 rings (SSSR count). The summed E-state index contributed by atoms with van der Waals surface area (Å²) < 4.78 is 5.39. The lowest BCUT2D eigenvalue weighted by Gasteiger charge is -2.26. The maximum atomic E-state index is 13.3. The number of aliphatic hydroxyl groups excluding tert-OH is 1. The van der Waals surface area contributed by atoms with Crippen molar-refractivity contribution in [3.63, 3.8) is 0 Å². The van der Waals surface area contributed by atoms with Crippen molar-refractivity contribution in [2.24, 2.45) is 0 Å². The van der Waals surface area contributed by atoms with Gasteiger partial charge in [-0.2, -0.15) is 0 Å². The van der Waals surface area contributed by atoms with Crippen molar-refractivity contribution < 1.29 is 19.4 Å². The van der Waals surface area contributed by atoms with Crippen LogP contribution in [0.2, 0.25) is 10.0 Å². The van der Waals surface area contributed by atoms with E-state index in [-0.39, 0.29) is 27.7 Å². The number of ketones is 1. The Morgan fingerprint density at radius 3 is 2.48 bits per heavy atom. The van der Waals surface area contributed by atoms with Gasteiger partial charge in [-0.25, -0.2) is 0 Å². The predicted octanol–water partition coefficient (Wildman–Crippen LogP) is 5.64. The first kappa shape index (κ1) is 22.8. The van der Waals surface area contributed by atoms with Crippen LogP contribution >= 0.6 is 23.2 Å². The zero-order valence-corrected chi connectivity index (χ0v) is 19.6. The Kier molecular flexibility index (Phi) is 6.15. The first-order valence-electron chi connectivity index (χ1n) is 10.1. The third-order valence-corrected chi connectivity index (χ3v) is 5.99. The van der Waals surface area contributed by atoms with Crippen LogP contribution in [0.1, 0.15) is 28.4 Å². The smallest absolute Gasteiger partial charge is 0.300 e. The van der Waals surface area contributed by atoms with Gasteiger partial charge in [-0.15, -0.1) is 0 Å². The predicted molar refractivity (Wildman–Crippen MR) is 128 cm³/mol. The topological polar surface area (TPSA) is 79.7 Å². The van der Waals surface area contributed by atoms with Crippen LogP contribution in [0.25, 0.3) is 5.76 Å². The minimum atomic E-state index is -0.963. The van der Waals surface area contributed by atoms with Crippen LogP contribution in [0.4, 0.5) is 5.69 Å². The molecular formula is C25H20Cl2N2O4. The van der Waals surface area contributed by atoms with Gasteiger partial charge in [0.1, 0.15) is 17.6 Å². The molecule has 1 aliphatic rings. The van der Waals surface area contributed by atoms with E-state index in [9.17, 15) is 14.7 Å². The average molecular weight is 483 g/mol. The molecule has 1 aromatic heterocycles. The summed E-state index contributed by atoms with van der Waals surface area (Å²) in [5.74, 6) is -1.80. The minimum Gasteiger partial charge on any atom is -0.507 e. The van der Waals surface area contributed by atoms with Gasteiger partial charge < -0.3 is 9.84 Å². The number of aryl methyl sites for hydroxylation is 2. The third-order valence-electron chi connectivity index (χ3n) is 5.48. The summed E-state index contributed by atoms with van der Waals surface area (Å²) in [6.07, 6.45) is 1.56. The highest BCUT2D eigenvalue weighted by molar-refractivity contribution is 6.52. The molecular weight excluding hydrogens is 463 g/mol. The molecule has 0 aliphatic carbocycles. The van der Waals surface area contributed by atoms with Gasteiger partial charge in [0.15, 0.2) is 0 Å². The molecule has 1 saturated heterocycles. The van der Waals surface area contributed by atoms with Crippen molar-refractivity contribution >= 4 is 46.3 Å². The summed E-state index contributed by atoms with van der Waals surface area (Å²) in [6.45, 7) is 3.59. The number of pyridine rings is 1. The van der Waals surface area contributed by atoms with Crippen molar-refractivity contribution in [2.75, 3.05) is 12.0 Å². The number of aliphatic hydroxyl groups is 1. The normalized spacial score (nSPS) is 17.5. The number of Topliss-reactive ketones (excluding diaryl/α,β-unsaturated/α-hetero) is 1. The molecule has 0 spiro atoms. The standard InChI is InChI=1S/C25H20Cl2N2O4/c1-13-10-16(24(33-3)17(27)11-13)22(30)20-21(18-6-4-5-9-28-18)29(25(32)23(20)31)19-8-7-15(26)12-14(19)2/h4-12,21,30H,1-3H3/b22-20+. The van der Waals surface area contributed by atoms with E-state index in [1.54, 1.807) is 68.6 Å². The molecule has 1 amide bonds. The Bertz CT molecular complexity index is 1310. The molecule has 1 aliphatic heterocycles. The van der Waals surface area contributed by atoms with Crippen molar-refractivity contribution in [1.82, 2.24) is 4.98 Å². The Morgan fingerprint density at radius 2 is 1.85 bits per heavy atom. The van der Waals surface area contributed by atoms with E-state index in [0.29, 0.717) is 22.0 Å². The SMILES string of the molecule is COc1c(Cl)cc(C)cc1/C(O)=C1\C(=O)C(=O)N(c2ccc(Cl)cc2C)C1c1ccccn1. The molecule has 2 aromatic carbocycles. The average Bonchev–Trinajstić information content (AvgIpc) is 3.04. The number of amides is 1. The molecule has 0 saturated carbocycles. The summed E-state index contributed by atoms with van der Waals surface area (Å²) in [6, 6.07) is 12.6. The first-order chi connectivity index (χ1) is 15.7. The summed E-state index contributed by atoms with van der Waals surface area (Å²) in [5.41, 5.74) is 2.47. The van der Waals surface area contributed by atoms with E-state index in [4.69, 9.17) is 27.9 Å². The number of benzene rings is 2. The van der Waals surface area contributed by atoms with E-state index in [1.165, 1.54) is 12.0 Å². The summed E-state index contributed by atoms with van der Waals surface area (Å²) in [5, 5.41) is 12.1. The highest BCUT2D eigenvalue weighted by Crippen LogP contribution is 2.44. The van der Waals surface area contributed by atoms with Gasteiger partial charge in [0.25, 0.3) is 11.7 Å². The van der Waals surface area contributed by atoms with Crippen LogP contribution in [0.15, 0.2) is 60.3 Å². The van der Waals surface area contributed by atoms with Crippen LogP contribution in [-0.4, -0.2) is 28.9 Å². The van der Waals surface area contributed by atoms with Gasteiger partial charge in [-0.3, -0.25) is 19.5 Å². The number of methoxy groups -OCH3 is 1. The van der Waals surface area contributed by atoms with Gasteiger partial charge >= 0.3 is 0 Å². The Morgan fingerprint density at radius 1 is 1.09 bits per heavy atom. The lowest BCUT2D eigenvalue weighted by atomic mass is 9.96. The summed E-state index contributed by atoms with van der Waals surface area (Å²) >= 11 is 12.4. The number of aromatic nitrogens is 1. The lowest BCUT2D eigenvalue weighted by molar-refractivity contribution is -0.132. The van der Waals surface area contributed by atoms with E-state index < -0.39 is 17.7 Å². The fourth-order valence-corrected chi connectivity index (χ4v) is 4.62. The maximum Gasteiger partial charge on any atom is 0.300 e. The molecule has 1 fully saturated rings. The van der Waals surface area contributed by atoms with Gasteiger partial charge in [-0.05, 0) is 67.4 Å². The van der Waals surface area contributed by atoms with E-state index in [1.807, 2.05) is 0 Å². The molecule has 2 heterocycles. The van der Waals surface area contributed by atoms with Crippen molar-refractivity contribution in [3.05, 3.63) is 92.7 Å². The summed E-state index contributed by atoms with van der Waals surface area (Å²) in [4.78, 5) is 32.3. The molecule has 33 heavy (non-hydrogen) atoms. The number of hydrogen-bond donors (Lipinski definition) is 1. The number of anilines is 1. The van der Waals surface area contributed by atoms with Gasteiger partial charge in [0.2, 0.25) is 0 Å². The minimum absolute atomic E-state index is 0.104. The van der Waals surface area contributed by atoms with E-state index in [0.717, 1.165) is 5.56 Å². The van der Waals surface area contributed by atoms with Crippen LogP contribution in [0.3, 0.4) is 0 Å². The number of rotatable bonds is 4. The molecule has 6 nitrogen and oxygen atoms in total. The second-order valence-corrected chi connectivity index (χ2v) is 8.53. The van der Waals surface area contributed by atoms with Crippen LogP contribution in [0, 0.1) is 13.8 Å². The van der Waals surface area contributed by atoms with Crippen LogP contribution in [-0.2, 0) is 9.59 Å². The first-order valence-corrected chi connectivity index (χ1v) is 10.8. The Hall–Kier alpha value is -3.35. The molecule has 168 valence electrons. The number of nitrogens with zero attached hydrogens (tertiary/aromatic N) is 2. The number of ether oxygens (including phenoxy) is 1. The zero-order chi connectivity index (χ0) is 23.9. The fraction of sp³-hybridized carbons (Fsp3) is 0.160. The quantitative estimate of drug-likeness (QED) is 0.295. The maximum absolute atomic E-state index is 13.3. The van der Waals surface area contributed by atoms with E-state index >= 15 is 0 Å². The molecule has 1 unspecified atom stereocenters. The fourth-order valence-electron chi connectivity index (χ4n) is 4.05. The number of halogens is 2. The number of carbonyl (C=O) groups excluding carboxylic acids is 2. The highest BCUT2D eigenvalue weighted by atomic mass is 35.5. The molecule has 0 radical (unpaired) electrons. The molecule has 3 aromatic rings. The van der Waals surface area contributed by atoms with Gasteiger partial charge in [0, 0.05) is 16.9 Å². The van der Waals surface area contributed by atoms with Crippen LogP contribution in [0.5, 0.6) is 5.75 Å². The van der Waals surface area contributed by atoms with Crippen molar-refractivity contribution in [3.8, 4) is 5.75 Å². The highest BCUT2D eigenvalue weighted by Gasteiger charge is 2.48. The Balaban J connectivity index is 2.02. The Labute approximate surface area is 201 Å². The lowest BCUT2D eigenvalue weighted by Crippen LogP contribution is -2.30. The van der Waals surface area contributed by atoms with Crippen LogP contribution < -0.4 is 9.64 Å². The van der Waals surface area contributed by atoms with Gasteiger partial charge in [-0.1, -0.05) is 29.3 Å². The molecule has 1 N–H and O–H groups in total. The van der Waals surface area contributed by atoms with E-state index in [2.05, 4.69) is 4.98 Å². The van der Waals surface area contributed by atoms with Crippen molar-refractivity contribution in [2.45, 2.75) is 19.9 Å². The summed E-state index contributed by atoms with van der Waals surface area (Å²) in [7, 11) is 1.42. The molecule has 8 heteroatoms. The van der Waals surface area contributed by atoms with Crippen molar-refractivity contribution in [1.29, 1.82) is 0 Å². The second-order valence-electron chi connectivity index (χ2n) is 7.68. The second kappa shape index (κ2) is 8.89. The number of carbonyl (C=O) groups is 2. The molecule has 0 bridgehead atoms. The van der Waals surface area contributed by atoms with Gasteiger partial charge in [0.05, 0.1) is 29.0 Å². The molecule has 1 atom stereocenters. The largest absolute Gasteiger partial charge is 0.507 e. The monoisotopic (exact) mass is 482 g/mol. The third kappa shape index (κ3) is 3.96.